The lowest BCUT2D eigenvalue weighted by Gasteiger charge is -2.27. The minimum absolute atomic E-state index is 0.0780. The molecule has 1 aromatic rings. The maximum atomic E-state index is 12.8. The molecule has 0 heterocycles. The molecule has 158 valence electrons. The van der Waals surface area contributed by atoms with E-state index in [1.165, 1.54) is 0 Å². The SMILES string of the molecule is CCCC1=C(O)C(=C2C(=O)C(c3c(O)cc(O)c(CCC)c3O)=C2O)C(=O)C=C1O. The number of phenols is 3. The lowest BCUT2D eigenvalue weighted by atomic mass is 9.77. The fourth-order valence-corrected chi connectivity index (χ4v) is 3.70. The number of allylic oxidation sites excluding steroid dienone is 5. The zero-order chi connectivity index (χ0) is 22.3. The van der Waals surface area contributed by atoms with Crippen LogP contribution in [0.2, 0.25) is 0 Å². The number of aliphatic hydroxyl groups is 3. The van der Waals surface area contributed by atoms with E-state index in [9.17, 15) is 40.2 Å². The van der Waals surface area contributed by atoms with E-state index in [0.29, 0.717) is 12.8 Å². The minimum atomic E-state index is -0.869. The largest absolute Gasteiger partial charge is 0.507 e. The van der Waals surface area contributed by atoms with E-state index in [2.05, 4.69) is 0 Å². The van der Waals surface area contributed by atoms with E-state index >= 15 is 0 Å². The lowest BCUT2D eigenvalue weighted by Crippen LogP contribution is -2.27. The summed E-state index contributed by atoms with van der Waals surface area (Å²) in [7, 11) is 0. The third-order valence-corrected chi connectivity index (χ3v) is 5.14. The van der Waals surface area contributed by atoms with E-state index < -0.39 is 57.1 Å². The van der Waals surface area contributed by atoms with Gasteiger partial charge in [0.05, 0.1) is 22.3 Å². The molecule has 30 heavy (non-hydrogen) atoms. The Hall–Kier alpha value is -3.68. The number of Topliss-reactive ketones (excluding diaryl/α,β-unsaturated/α-hetero) is 1. The van der Waals surface area contributed by atoms with Crippen LogP contribution in [0.15, 0.2) is 46.1 Å². The van der Waals surface area contributed by atoms with Gasteiger partial charge in [-0.15, -0.1) is 0 Å². The summed E-state index contributed by atoms with van der Waals surface area (Å²) in [5.41, 5.74) is -1.52. The number of hydrogen-bond donors (Lipinski definition) is 6. The van der Waals surface area contributed by atoms with Gasteiger partial charge in [0.2, 0.25) is 5.78 Å². The number of hydrogen-bond acceptors (Lipinski definition) is 8. The summed E-state index contributed by atoms with van der Waals surface area (Å²) in [5.74, 6) is -4.93. The van der Waals surface area contributed by atoms with Gasteiger partial charge in [-0.2, -0.15) is 0 Å². The smallest absolute Gasteiger partial charge is 0.202 e. The summed E-state index contributed by atoms with van der Waals surface area (Å²) in [4.78, 5) is 25.2. The highest BCUT2D eigenvalue weighted by Crippen LogP contribution is 2.49. The number of aliphatic hydroxyl groups excluding tert-OH is 3. The monoisotopic (exact) mass is 414 g/mol. The molecule has 0 aliphatic heterocycles. The fourth-order valence-electron chi connectivity index (χ4n) is 3.70. The summed E-state index contributed by atoms with van der Waals surface area (Å²) >= 11 is 0. The number of carbonyl (C=O) groups is 2. The maximum absolute atomic E-state index is 12.8. The van der Waals surface area contributed by atoms with Crippen molar-refractivity contribution in [2.45, 2.75) is 39.5 Å². The van der Waals surface area contributed by atoms with Crippen LogP contribution in [0, 0.1) is 0 Å². The lowest BCUT2D eigenvalue weighted by molar-refractivity contribution is -0.114. The standard InChI is InChI=1S/C22H22O8/c1-3-5-9-11(23)7-13(25)15(19(9)27)17-21(29)18(22(17)30)16-14(26)8-12(24)10(6-4-2)20(16)28/h7-8,23-25,27-29H,3-6H2,1-2H3. The maximum Gasteiger partial charge on any atom is 0.202 e. The van der Waals surface area contributed by atoms with Gasteiger partial charge in [0.1, 0.15) is 34.5 Å². The van der Waals surface area contributed by atoms with Crippen LogP contribution >= 0.6 is 0 Å². The molecule has 8 heteroatoms. The first-order valence-corrected chi connectivity index (χ1v) is 9.53. The zero-order valence-corrected chi connectivity index (χ0v) is 16.5. The van der Waals surface area contributed by atoms with E-state index in [4.69, 9.17) is 0 Å². The Labute approximate surface area is 172 Å². The number of phenolic OH excluding ortho intramolecular Hbond substituents is 3. The van der Waals surface area contributed by atoms with E-state index in [0.717, 1.165) is 12.1 Å². The summed E-state index contributed by atoms with van der Waals surface area (Å²) in [6.07, 6.45) is 2.46. The Morgan fingerprint density at radius 3 is 1.97 bits per heavy atom. The van der Waals surface area contributed by atoms with Gasteiger partial charge in [-0.05, 0) is 12.8 Å². The number of rotatable bonds is 5. The highest BCUT2D eigenvalue weighted by molar-refractivity contribution is 6.42. The van der Waals surface area contributed by atoms with Crippen molar-refractivity contribution in [1.29, 1.82) is 0 Å². The predicted octanol–water partition coefficient (Wildman–Crippen LogP) is 3.54. The highest BCUT2D eigenvalue weighted by atomic mass is 16.3. The molecule has 0 atom stereocenters. The van der Waals surface area contributed by atoms with E-state index in [1.54, 1.807) is 13.8 Å². The summed E-state index contributed by atoms with van der Waals surface area (Å²) in [6.45, 7) is 3.60. The first-order chi connectivity index (χ1) is 14.1. The zero-order valence-electron chi connectivity index (χ0n) is 16.5. The second-order valence-corrected chi connectivity index (χ2v) is 7.14. The average molecular weight is 414 g/mol. The molecule has 3 rings (SSSR count). The van der Waals surface area contributed by atoms with Crippen LogP contribution in [0.1, 0.15) is 44.2 Å². The topological polar surface area (TPSA) is 156 Å². The Morgan fingerprint density at radius 2 is 1.40 bits per heavy atom. The molecule has 0 spiro atoms. The summed E-state index contributed by atoms with van der Waals surface area (Å²) in [6, 6.07) is 0.960. The molecule has 0 bridgehead atoms. The van der Waals surface area contributed by atoms with Crippen LogP contribution < -0.4 is 0 Å². The van der Waals surface area contributed by atoms with Crippen molar-refractivity contribution in [2.24, 2.45) is 0 Å². The van der Waals surface area contributed by atoms with Crippen molar-refractivity contribution in [2.75, 3.05) is 0 Å². The first kappa shape index (κ1) is 21.0. The van der Waals surface area contributed by atoms with Gasteiger partial charge >= 0.3 is 0 Å². The molecule has 0 saturated carbocycles. The molecule has 0 saturated heterocycles. The first-order valence-electron chi connectivity index (χ1n) is 9.53. The minimum Gasteiger partial charge on any atom is -0.507 e. The molecule has 0 radical (unpaired) electrons. The molecule has 8 nitrogen and oxygen atoms in total. The quantitative estimate of drug-likeness (QED) is 0.400. The molecule has 0 unspecified atom stereocenters. The Kier molecular flexibility index (Phi) is 5.35. The van der Waals surface area contributed by atoms with Crippen LogP contribution in [-0.4, -0.2) is 42.2 Å². The van der Waals surface area contributed by atoms with Crippen molar-refractivity contribution in [3.63, 3.8) is 0 Å². The van der Waals surface area contributed by atoms with Crippen LogP contribution in [0.4, 0.5) is 0 Å². The summed E-state index contributed by atoms with van der Waals surface area (Å²) < 4.78 is 0. The van der Waals surface area contributed by atoms with E-state index in [-0.39, 0.29) is 35.3 Å². The van der Waals surface area contributed by atoms with Gasteiger partial charge in [0.25, 0.3) is 0 Å². The number of carbonyl (C=O) groups excluding carboxylic acids is 2. The average Bonchev–Trinajstić information content (AvgIpc) is 2.68. The Morgan fingerprint density at radius 1 is 0.767 bits per heavy atom. The van der Waals surface area contributed by atoms with Gasteiger partial charge < -0.3 is 30.6 Å². The fraction of sp³-hybridized carbons (Fsp3) is 0.273. The van der Waals surface area contributed by atoms with Crippen molar-refractivity contribution in [3.8, 4) is 17.2 Å². The van der Waals surface area contributed by atoms with Crippen LogP contribution in [-0.2, 0) is 16.0 Å². The number of ketones is 2. The molecule has 2 aliphatic rings. The third kappa shape index (κ3) is 3.01. The van der Waals surface area contributed by atoms with Crippen molar-refractivity contribution < 1.29 is 40.2 Å². The molecular weight excluding hydrogens is 392 g/mol. The molecule has 1 aromatic carbocycles. The van der Waals surface area contributed by atoms with Crippen LogP contribution in [0.25, 0.3) is 5.57 Å². The molecule has 2 aliphatic carbocycles. The molecular formula is C22H22O8. The van der Waals surface area contributed by atoms with Gasteiger partial charge in [-0.3, -0.25) is 9.59 Å². The van der Waals surface area contributed by atoms with Gasteiger partial charge in [0, 0.05) is 23.3 Å². The molecule has 6 N–H and O–H groups in total. The normalized spacial score (nSPS) is 19.3. The molecule has 0 amide bonds. The van der Waals surface area contributed by atoms with Crippen molar-refractivity contribution >= 4 is 17.1 Å². The van der Waals surface area contributed by atoms with Gasteiger partial charge in [-0.25, -0.2) is 0 Å². The van der Waals surface area contributed by atoms with Crippen LogP contribution in [0.5, 0.6) is 17.2 Å². The number of aromatic hydroxyl groups is 3. The summed E-state index contributed by atoms with van der Waals surface area (Å²) in [5, 5.41) is 61.6. The third-order valence-electron chi connectivity index (χ3n) is 5.14. The number of benzene rings is 1. The van der Waals surface area contributed by atoms with Crippen molar-refractivity contribution in [1.82, 2.24) is 0 Å². The van der Waals surface area contributed by atoms with Crippen LogP contribution in [0.3, 0.4) is 0 Å². The second-order valence-electron chi connectivity index (χ2n) is 7.14. The molecule has 0 aromatic heterocycles. The van der Waals surface area contributed by atoms with Gasteiger partial charge in [-0.1, -0.05) is 26.7 Å². The van der Waals surface area contributed by atoms with E-state index in [1.807, 2.05) is 0 Å². The second kappa shape index (κ2) is 7.62. The van der Waals surface area contributed by atoms with Crippen molar-refractivity contribution in [3.05, 3.63) is 57.3 Å². The highest BCUT2D eigenvalue weighted by Gasteiger charge is 2.43. The molecule has 0 fully saturated rings. The van der Waals surface area contributed by atoms with Gasteiger partial charge in [0.15, 0.2) is 5.78 Å². The predicted molar refractivity (Wildman–Crippen MR) is 107 cm³/mol. The Bertz CT molecular complexity index is 1100. The Balaban J connectivity index is 2.23.